The van der Waals surface area contributed by atoms with E-state index in [0.29, 0.717) is 6.04 Å². The lowest BCUT2D eigenvalue weighted by Crippen LogP contribution is -2.31. The Morgan fingerprint density at radius 1 is 1.40 bits per heavy atom. The van der Waals surface area contributed by atoms with Crippen molar-refractivity contribution in [1.29, 1.82) is 0 Å². The number of likely N-dealkylation sites (tertiary alicyclic amines) is 1. The fourth-order valence-electron chi connectivity index (χ4n) is 2.83. The van der Waals surface area contributed by atoms with Gasteiger partial charge in [-0.2, -0.15) is 0 Å². The Morgan fingerprint density at radius 3 is 2.87 bits per heavy atom. The summed E-state index contributed by atoms with van der Waals surface area (Å²) in [5.74, 6) is 0.755. The first-order valence-corrected chi connectivity index (χ1v) is 5.59. The standard InChI is InChI=1S/C12H15N3/c1-2-15-7-9-3-11(12(15)4-9)10-5-13-8-14-6-10/h3,5-6,8-9,12H,2,4,7H2,1H3. The molecule has 3 rings (SSSR count). The quantitative estimate of drug-likeness (QED) is 0.727. The third-order valence-electron chi connectivity index (χ3n) is 3.51. The number of rotatable bonds is 2. The molecule has 2 aliphatic rings. The van der Waals surface area contributed by atoms with Crippen molar-refractivity contribution in [1.82, 2.24) is 14.9 Å². The molecule has 0 amide bonds. The molecule has 1 fully saturated rings. The highest BCUT2D eigenvalue weighted by Crippen LogP contribution is 2.40. The molecule has 0 aromatic carbocycles. The first-order valence-electron chi connectivity index (χ1n) is 5.59. The Hall–Kier alpha value is -1.22. The summed E-state index contributed by atoms with van der Waals surface area (Å²) in [6, 6.07) is 0.617. The van der Waals surface area contributed by atoms with Gasteiger partial charge >= 0.3 is 0 Å². The lowest BCUT2D eigenvalue weighted by molar-refractivity contribution is 0.302. The SMILES string of the molecule is CCN1CC2C=C(c3cncnc3)C1C2. The zero-order valence-corrected chi connectivity index (χ0v) is 8.93. The van der Waals surface area contributed by atoms with Crippen LogP contribution in [0.1, 0.15) is 18.9 Å². The van der Waals surface area contributed by atoms with Gasteiger partial charge in [-0.3, -0.25) is 4.90 Å². The molecule has 78 valence electrons. The van der Waals surface area contributed by atoms with Gasteiger partial charge in [0.2, 0.25) is 0 Å². The Balaban J connectivity index is 1.93. The molecular formula is C12H15N3. The predicted molar refractivity (Wildman–Crippen MR) is 59.2 cm³/mol. The number of hydrogen-bond donors (Lipinski definition) is 0. The number of fused-ring (bicyclic) bond motifs is 2. The van der Waals surface area contributed by atoms with Crippen molar-refractivity contribution in [3.05, 3.63) is 30.4 Å². The molecule has 3 nitrogen and oxygen atoms in total. The number of likely N-dealkylation sites (N-methyl/N-ethyl adjacent to an activating group) is 1. The van der Waals surface area contributed by atoms with Crippen molar-refractivity contribution in [3.63, 3.8) is 0 Å². The lowest BCUT2D eigenvalue weighted by Gasteiger charge is -2.26. The van der Waals surface area contributed by atoms with E-state index in [4.69, 9.17) is 0 Å². The molecule has 15 heavy (non-hydrogen) atoms. The minimum atomic E-state index is 0.617. The average molecular weight is 201 g/mol. The highest BCUT2D eigenvalue weighted by Gasteiger charge is 2.38. The highest BCUT2D eigenvalue weighted by molar-refractivity contribution is 5.72. The van der Waals surface area contributed by atoms with Gasteiger partial charge in [-0.05, 0) is 24.5 Å². The van der Waals surface area contributed by atoms with Crippen molar-refractivity contribution in [3.8, 4) is 0 Å². The van der Waals surface area contributed by atoms with Gasteiger partial charge in [0.25, 0.3) is 0 Å². The van der Waals surface area contributed by atoms with Crippen molar-refractivity contribution in [2.75, 3.05) is 13.1 Å². The molecule has 2 heterocycles. The Morgan fingerprint density at radius 2 is 2.20 bits per heavy atom. The summed E-state index contributed by atoms with van der Waals surface area (Å²) in [6.45, 7) is 4.62. The average Bonchev–Trinajstić information content (AvgIpc) is 2.89. The van der Waals surface area contributed by atoms with Crippen LogP contribution in [-0.4, -0.2) is 34.0 Å². The van der Waals surface area contributed by atoms with E-state index in [2.05, 4.69) is 27.9 Å². The van der Waals surface area contributed by atoms with Crippen LogP contribution in [0.3, 0.4) is 0 Å². The third-order valence-corrected chi connectivity index (χ3v) is 3.51. The van der Waals surface area contributed by atoms with Crippen LogP contribution in [0, 0.1) is 5.92 Å². The van der Waals surface area contributed by atoms with Crippen LogP contribution in [-0.2, 0) is 0 Å². The van der Waals surface area contributed by atoms with E-state index in [-0.39, 0.29) is 0 Å². The lowest BCUT2D eigenvalue weighted by atomic mass is 10.0. The van der Waals surface area contributed by atoms with Crippen molar-refractivity contribution in [2.45, 2.75) is 19.4 Å². The monoisotopic (exact) mass is 201 g/mol. The number of hydrogen-bond acceptors (Lipinski definition) is 3. The molecule has 1 saturated heterocycles. The first-order chi connectivity index (χ1) is 7.38. The van der Waals surface area contributed by atoms with Gasteiger partial charge in [-0.1, -0.05) is 13.0 Å². The Kier molecular flexibility index (Phi) is 2.06. The fourth-order valence-corrected chi connectivity index (χ4v) is 2.83. The van der Waals surface area contributed by atoms with E-state index in [1.165, 1.54) is 24.1 Å². The van der Waals surface area contributed by atoms with Crippen LogP contribution < -0.4 is 0 Å². The molecular weight excluding hydrogens is 186 g/mol. The van der Waals surface area contributed by atoms with Crippen LogP contribution >= 0.6 is 0 Å². The molecule has 0 saturated carbocycles. The molecule has 2 atom stereocenters. The van der Waals surface area contributed by atoms with Crippen LogP contribution in [0.5, 0.6) is 0 Å². The molecule has 2 unspecified atom stereocenters. The second-order valence-electron chi connectivity index (χ2n) is 4.35. The Labute approximate surface area is 89.8 Å². The van der Waals surface area contributed by atoms with E-state index in [1.54, 1.807) is 6.33 Å². The van der Waals surface area contributed by atoms with Gasteiger partial charge in [0.1, 0.15) is 6.33 Å². The van der Waals surface area contributed by atoms with Crippen LogP contribution in [0.15, 0.2) is 24.8 Å². The van der Waals surface area contributed by atoms with Crippen molar-refractivity contribution < 1.29 is 0 Å². The summed E-state index contributed by atoms with van der Waals surface area (Å²) in [7, 11) is 0. The van der Waals surface area contributed by atoms with Crippen LogP contribution in [0.2, 0.25) is 0 Å². The maximum atomic E-state index is 4.09. The Bertz CT molecular complexity index is 385. The molecule has 2 bridgehead atoms. The summed E-state index contributed by atoms with van der Waals surface area (Å²) < 4.78 is 0. The van der Waals surface area contributed by atoms with E-state index in [1.807, 2.05) is 12.4 Å². The molecule has 3 heteroatoms. The first kappa shape index (κ1) is 9.04. The molecule has 0 radical (unpaired) electrons. The van der Waals surface area contributed by atoms with Crippen molar-refractivity contribution >= 4 is 5.57 Å². The maximum absolute atomic E-state index is 4.09. The minimum absolute atomic E-state index is 0.617. The topological polar surface area (TPSA) is 29.0 Å². The minimum Gasteiger partial charge on any atom is -0.296 e. The highest BCUT2D eigenvalue weighted by atomic mass is 15.2. The van der Waals surface area contributed by atoms with E-state index in [0.717, 1.165) is 12.5 Å². The summed E-state index contributed by atoms with van der Waals surface area (Å²) >= 11 is 0. The molecule has 1 aromatic rings. The normalized spacial score (nSPS) is 29.5. The smallest absolute Gasteiger partial charge is 0.115 e. The van der Waals surface area contributed by atoms with Gasteiger partial charge in [0.05, 0.1) is 0 Å². The molecule has 1 aliphatic heterocycles. The van der Waals surface area contributed by atoms with E-state index >= 15 is 0 Å². The van der Waals surface area contributed by atoms with E-state index in [9.17, 15) is 0 Å². The second kappa shape index (κ2) is 3.42. The second-order valence-corrected chi connectivity index (χ2v) is 4.35. The van der Waals surface area contributed by atoms with Crippen LogP contribution in [0.4, 0.5) is 0 Å². The molecule has 0 spiro atoms. The van der Waals surface area contributed by atoms with Gasteiger partial charge < -0.3 is 0 Å². The van der Waals surface area contributed by atoms with Crippen molar-refractivity contribution in [2.24, 2.45) is 5.92 Å². The number of aromatic nitrogens is 2. The zero-order chi connectivity index (χ0) is 10.3. The fraction of sp³-hybridized carbons (Fsp3) is 0.500. The molecule has 1 aliphatic carbocycles. The molecule has 1 aromatic heterocycles. The summed E-state index contributed by atoms with van der Waals surface area (Å²) in [6.07, 6.45) is 9.14. The number of nitrogens with zero attached hydrogens (tertiary/aromatic N) is 3. The molecule has 0 N–H and O–H groups in total. The van der Waals surface area contributed by atoms with E-state index < -0.39 is 0 Å². The van der Waals surface area contributed by atoms with Gasteiger partial charge in [-0.15, -0.1) is 0 Å². The third kappa shape index (κ3) is 1.38. The summed E-state index contributed by atoms with van der Waals surface area (Å²) in [5, 5.41) is 0. The largest absolute Gasteiger partial charge is 0.296 e. The van der Waals surface area contributed by atoms with Gasteiger partial charge in [0, 0.05) is 30.5 Å². The van der Waals surface area contributed by atoms with Gasteiger partial charge in [-0.25, -0.2) is 9.97 Å². The summed E-state index contributed by atoms with van der Waals surface area (Å²) in [5.41, 5.74) is 2.64. The van der Waals surface area contributed by atoms with Crippen LogP contribution in [0.25, 0.3) is 5.57 Å². The summed E-state index contributed by atoms with van der Waals surface area (Å²) in [4.78, 5) is 10.7. The maximum Gasteiger partial charge on any atom is 0.115 e. The zero-order valence-electron chi connectivity index (χ0n) is 8.93. The van der Waals surface area contributed by atoms with Gasteiger partial charge in [0.15, 0.2) is 0 Å². The predicted octanol–water partition coefficient (Wildman–Crippen LogP) is 1.58.